The van der Waals surface area contributed by atoms with Gasteiger partial charge < -0.3 is 0 Å². The van der Waals surface area contributed by atoms with Crippen molar-refractivity contribution in [3.63, 3.8) is 0 Å². The lowest BCUT2D eigenvalue weighted by atomic mass is 10.4. The Hall–Kier alpha value is -1.15. The van der Waals surface area contributed by atoms with Gasteiger partial charge in [-0.1, -0.05) is 152 Å². The van der Waals surface area contributed by atoms with E-state index < -0.39 is 12.0 Å². The fourth-order valence-corrected chi connectivity index (χ4v) is 10.7. The Morgan fingerprint density at radius 3 is 0.900 bits per heavy atom. The first-order valence-electron chi connectivity index (χ1n) is 9.40. The summed E-state index contributed by atoms with van der Waals surface area (Å²) in [6.45, 7) is -2.51. The van der Waals surface area contributed by atoms with Crippen LogP contribution in [-0.4, -0.2) is 12.0 Å². The highest BCUT2D eigenvalue weighted by molar-refractivity contribution is 9.52. The van der Waals surface area contributed by atoms with Gasteiger partial charge in [-0.15, -0.1) is 22.2 Å². The Labute approximate surface area is 205 Å². The van der Waals surface area contributed by atoms with Crippen LogP contribution in [0.25, 0.3) is 0 Å². The second kappa shape index (κ2) is 10.9. The minimum atomic E-state index is -2.51. The molecule has 0 fully saturated rings. The molecule has 0 amide bonds. The Kier molecular flexibility index (Phi) is 8.57. The lowest BCUT2D eigenvalue weighted by Crippen LogP contribution is -2.48. The van der Waals surface area contributed by atoms with Crippen molar-refractivity contribution < 1.29 is 0 Å². The zero-order chi connectivity index (χ0) is 21.5. The largest absolute Gasteiger partial charge is 0.310 e. The van der Waals surface area contributed by atoms with Crippen LogP contribution in [0.1, 0.15) is 0 Å². The summed E-state index contributed by atoms with van der Waals surface area (Å²) in [5.74, 6) is 0. The van der Waals surface area contributed by atoms with Gasteiger partial charge in [0.25, 0.3) is 5.31 Å². The maximum atomic E-state index is 6.49. The van der Waals surface area contributed by atoms with Gasteiger partial charge in [0, 0.05) is 0 Å². The van der Waals surface area contributed by atoms with Crippen LogP contribution in [0.3, 0.4) is 0 Å². The lowest BCUT2D eigenvalue weighted by Gasteiger charge is -2.18. The molecule has 4 aromatic carbocycles. The molecule has 0 aromatic heterocycles. The van der Waals surface area contributed by atoms with E-state index in [2.05, 4.69) is 79.1 Å². The van der Waals surface area contributed by atoms with Crippen molar-refractivity contribution in [2.45, 2.75) is 0 Å². The van der Waals surface area contributed by atoms with Crippen LogP contribution in [0.15, 0.2) is 121 Å². The van der Waals surface area contributed by atoms with Crippen molar-refractivity contribution in [2.75, 3.05) is 0 Å². The van der Waals surface area contributed by atoms with Crippen molar-refractivity contribution in [3.05, 3.63) is 121 Å². The summed E-state index contributed by atoms with van der Waals surface area (Å²) in [5, 5.41) is 2.88. The van der Waals surface area contributed by atoms with Crippen molar-refractivity contribution in [1.82, 2.24) is 0 Å². The van der Waals surface area contributed by atoms with Gasteiger partial charge in [-0.05, 0) is 20.7 Å². The summed E-state index contributed by atoms with van der Waals surface area (Å²) in [7, 11) is 0. The van der Waals surface area contributed by atoms with E-state index in [4.69, 9.17) is 22.2 Å². The predicted octanol–water partition coefficient (Wildman–Crippen LogP) is 5.75. The van der Waals surface area contributed by atoms with Gasteiger partial charge in [-0.2, -0.15) is 0 Å². The first kappa shape index (κ1) is 23.5. The van der Waals surface area contributed by atoms with Gasteiger partial charge in [-0.25, -0.2) is 0 Å². The molecule has 6 heteroatoms. The van der Waals surface area contributed by atoms with Crippen LogP contribution in [0.2, 0.25) is 0 Å². The fourth-order valence-electron chi connectivity index (χ4n) is 2.92. The van der Waals surface area contributed by atoms with Crippen molar-refractivity contribution >= 4 is 85.5 Å². The van der Waals surface area contributed by atoms with E-state index in [0.29, 0.717) is 0 Å². The van der Waals surface area contributed by atoms with Crippen molar-refractivity contribution in [3.8, 4) is 0 Å². The van der Waals surface area contributed by atoms with Crippen LogP contribution < -0.4 is 20.7 Å². The molecule has 30 heavy (non-hydrogen) atoms. The molecule has 4 aromatic rings. The summed E-state index contributed by atoms with van der Waals surface area (Å²) in [6.07, 6.45) is 0. The molecule has 0 aliphatic heterocycles. The normalized spacial score (nSPS) is 11.3. The van der Waals surface area contributed by atoms with Crippen LogP contribution >= 0.6 is 52.7 Å². The monoisotopic (exact) mass is 592 g/mol. The van der Waals surface area contributed by atoms with E-state index in [1.807, 2.05) is 72.8 Å². The first-order valence-corrected chi connectivity index (χ1v) is 19.9. The minimum Gasteiger partial charge on any atom is -0.134 e. The molecule has 0 aliphatic carbocycles. The molecule has 0 nitrogen and oxygen atoms in total. The van der Waals surface area contributed by atoms with Gasteiger partial charge in [-0.3, -0.25) is 0 Å². The van der Waals surface area contributed by atoms with Crippen LogP contribution in [0.5, 0.6) is 0 Å². The second-order valence-corrected chi connectivity index (χ2v) is 25.5. The third kappa shape index (κ3) is 5.97. The average molecular weight is 595 g/mol. The van der Waals surface area contributed by atoms with Gasteiger partial charge in [0.05, 0.1) is 0 Å². The van der Waals surface area contributed by atoms with Crippen molar-refractivity contribution in [1.29, 1.82) is 0 Å². The molecule has 0 bridgehead atoms. The van der Waals surface area contributed by atoms with E-state index in [1.165, 1.54) is 10.4 Å². The summed E-state index contributed by atoms with van der Waals surface area (Å²) >= 11 is 20.7. The number of hydrogen-bond donors (Lipinski definition) is 0. The smallest absolute Gasteiger partial charge is 0.134 e. The lowest BCUT2D eigenvalue weighted by molar-refractivity contribution is 1.74. The van der Waals surface area contributed by atoms with Gasteiger partial charge in [0.2, 0.25) is 0 Å². The molecule has 0 atom stereocenters. The molecule has 0 heterocycles. The van der Waals surface area contributed by atoms with Gasteiger partial charge in [0.1, 0.15) is 0 Å². The second-order valence-electron chi connectivity index (χ2n) is 6.61. The summed E-state index contributed by atoms with van der Waals surface area (Å²) in [6, 6.07) is 40.7. The Morgan fingerprint density at radius 2 is 0.633 bits per heavy atom. The molecule has 152 valence electrons. The number of hydrogen-bond acceptors (Lipinski definition) is 0. The SMILES string of the molecule is Br[Si](Br)(c1ccccc1)c1ccccc1.Cl[Si](Cl)(c1ccccc1)c1ccccc1. The summed E-state index contributed by atoms with van der Waals surface area (Å²) in [5.41, 5.74) is 0. The highest BCUT2D eigenvalue weighted by Gasteiger charge is 2.33. The zero-order valence-electron chi connectivity index (χ0n) is 16.1. The zero-order valence-corrected chi connectivity index (χ0v) is 22.7. The molecular formula is C24H20Br2Cl2Si2. The van der Waals surface area contributed by atoms with E-state index in [1.54, 1.807) is 0 Å². The summed E-state index contributed by atoms with van der Waals surface area (Å²) < 4.78 is 0. The van der Waals surface area contributed by atoms with Gasteiger partial charge in [0.15, 0.2) is 0 Å². The third-order valence-electron chi connectivity index (χ3n) is 4.55. The van der Waals surface area contributed by atoms with E-state index in [-0.39, 0.29) is 0 Å². The van der Waals surface area contributed by atoms with Crippen LogP contribution in [0, 0.1) is 0 Å². The van der Waals surface area contributed by atoms with Crippen LogP contribution in [-0.2, 0) is 0 Å². The maximum absolute atomic E-state index is 6.49. The van der Waals surface area contributed by atoms with E-state index in [9.17, 15) is 0 Å². The summed E-state index contributed by atoms with van der Waals surface area (Å²) in [4.78, 5) is 0. The molecular weight excluding hydrogens is 575 g/mol. The van der Waals surface area contributed by atoms with Crippen LogP contribution in [0.4, 0.5) is 0 Å². The standard InChI is InChI=1S/C12H10Br2Si.C12H10Cl2Si/c2*13-15(14,11-7-3-1-4-8-11)12-9-5-2-6-10-12/h2*1-10H. The van der Waals surface area contributed by atoms with Crippen molar-refractivity contribution in [2.24, 2.45) is 0 Å². The number of benzene rings is 4. The molecule has 0 aliphatic rings. The predicted molar refractivity (Wildman–Crippen MR) is 145 cm³/mol. The Balaban J connectivity index is 0.000000171. The topological polar surface area (TPSA) is 0 Å². The Morgan fingerprint density at radius 1 is 0.400 bits per heavy atom. The highest BCUT2D eigenvalue weighted by atomic mass is 79.9. The molecule has 0 radical (unpaired) electrons. The highest BCUT2D eigenvalue weighted by Crippen LogP contribution is 2.19. The average Bonchev–Trinajstić information content (AvgIpc) is 2.82. The minimum absolute atomic E-state index is 1.03. The third-order valence-corrected chi connectivity index (χ3v) is 16.9. The van der Waals surface area contributed by atoms with Gasteiger partial charge >= 0.3 is 6.69 Å². The fraction of sp³-hybridized carbons (Fsp3) is 0. The molecule has 0 saturated heterocycles. The quantitative estimate of drug-likeness (QED) is 0.208. The molecule has 0 saturated carbocycles. The molecule has 0 spiro atoms. The Bertz CT molecular complexity index is 860. The molecule has 4 rings (SSSR count). The first-order chi connectivity index (χ1) is 14.4. The van der Waals surface area contributed by atoms with E-state index >= 15 is 0 Å². The molecule has 0 N–H and O–H groups in total. The maximum Gasteiger partial charge on any atom is 0.310 e. The van der Waals surface area contributed by atoms with E-state index in [0.717, 1.165) is 10.4 Å². The molecule has 0 unspecified atom stereocenters. The number of halogens is 4. The number of rotatable bonds is 4.